The summed E-state index contributed by atoms with van der Waals surface area (Å²) >= 11 is 0. The van der Waals surface area contributed by atoms with Crippen LogP contribution >= 0.6 is 0 Å². The van der Waals surface area contributed by atoms with Crippen LogP contribution in [0.2, 0.25) is 0 Å². The Balaban J connectivity index is 4.04. The van der Waals surface area contributed by atoms with Crippen molar-refractivity contribution in [3.63, 3.8) is 0 Å². The molecule has 0 radical (unpaired) electrons. The summed E-state index contributed by atoms with van der Waals surface area (Å²) in [4.78, 5) is 0. The van der Waals surface area contributed by atoms with Crippen molar-refractivity contribution in [1.29, 1.82) is 0 Å². The van der Waals surface area contributed by atoms with E-state index in [1.54, 1.807) is 0 Å². The third kappa shape index (κ3) is 9.77. The third-order valence-electron chi connectivity index (χ3n) is 4.68. The fourth-order valence-corrected chi connectivity index (χ4v) is 2.92. The molecule has 0 rings (SSSR count). The van der Waals surface area contributed by atoms with E-state index in [4.69, 9.17) is 5.73 Å². The fourth-order valence-electron chi connectivity index (χ4n) is 2.92. The Hall–Kier alpha value is -0.0800. The molecule has 0 saturated carbocycles. The van der Waals surface area contributed by atoms with Gasteiger partial charge in [-0.25, -0.2) is 0 Å². The number of nitrogens with one attached hydrogen (secondary N) is 1. The zero-order valence-electron chi connectivity index (χ0n) is 14.6. The SMILES string of the molecule is CCCCC(CC)CNC(CN)CC(CC)CCCC. The molecule has 3 N–H and O–H groups in total. The van der Waals surface area contributed by atoms with Crippen LogP contribution in [-0.2, 0) is 0 Å². The molecule has 0 saturated heterocycles. The van der Waals surface area contributed by atoms with Crippen molar-refractivity contribution in [2.45, 2.75) is 91.5 Å². The number of hydrogen-bond donors (Lipinski definition) is 2. The van der Waals surface area contributed by atoms with Gasteiger partial charge in [0.05, 0.1) is 0 Å². The molecular formula is C18H40N2. The molecule has 2 nitrogen and oxygen atoms in total. The van der Waals surface area contributed by atoms with Crippen molar-refractivity contribution in [2.75, 3.05) is 13.1 Å². The summed E-state index contributed by atoms with van der Waals surface area (Å²) in [6.07, 6.45) is 11.9. The second kappa shape index (κ2) is 13.9. The third-order valence-corrected chi connectivity index (χ3v) is 4.68. The molecule has 3 atom stereocenters. The van der Waals surface area contributed by atoms with Crippen molar-refractivity contribution in [1.82, 2.24) is 5.32 Å². The largest absolute Gasteiger partial charge is 0.329 e. The number of hydrogen-bond acceptors (Lipinski definition) is 2. The maximum absolute atomic E-state index is 5.97. The Labute approximate surface area is 128 Å². The van der Waals surface area contributed by atoms with Gasteiger partial charge < -0.3 is 11.1 Å². The lowest BCUT2D eigenvalue weighted by molar-refractivity contribution is 0.325. The quantitative estimate of drug-likeness (QED) is 0.484. The molecule has 3 unspecified atom stereocenters. The van der Waals surface area contributed by atoms with Crippen LogP contribution in [0.3, 0.4) is 0 Å². The molecule has 0 bridgehead atoms. The van der Waals surface area contributed by atoms with Crippen LogP contribution in [0, 0.1) is 11.8 Å². The average molecular weight is 285 g/mol. The molecule has 0 aromatic heterocycles. The first-order valence-corrected chi connectivity index (χ1v) is 9.14. The molecule has 2 heteroatoms. The van der Waals surface area contributed by atoms with Crippen LogP contribution in [0.1, 0.15) is 85.5 Å². The van der Waals surface area contributed by atoms with Crippen LogP contribution in [0.25, 0.3) is 0 Å². The molecule has 0 aromatic rings. The van der Waals surface area contributed by atoms with E-state index in [1.165, 1.54) is 57.8 Å². The highest BCUT2D eigenvalue weighted by Gasteiger charge is 2.15. The van der Waals surface area contributed by atoms with Gasteiger partial charge in [0.2, 0.25) is 0 Å². The van der Waals surface area contributed by atoms with Gasteiger partial charge in [-0.3, -0.25) is 0 Å². The van der Waals surface area contributed by atoms with Crippen molar-refractivity contribution >= 4 is 0 Å². The highest BCUT2D eigenvalue weighted by Crippen LogP contribution is 2.19. The normalized spacial score (nSPS) is 16.1. The summed E-state index contributed by atoms with van der Waals surface area (Å²) in [5.41, 5.74) is 5.97. The van der Waals surface area contributed by atoms with E-state index in [1.807, 2.05) is 0 Å². The van der Waals surface area contributed by atoms with Gasteiger partial charge in [0.25, 0.3) is 0 Å². The van der Waals surface area contributed by atoms with Gasteiger partial charge in [-0.05, 0) is 31.2 Å². The van der Waals surface area contributed by atoms with E-state index in [0.29, 0.717) is 6.04 Å². The van der Waals surface area contributed by atoms with Gasteiger partial charge in [-0.1, -0.05) is 72.6 Å². The van der Waals surface area contributed by atoms with E-state index < -0.39 is 0 Å². The smallest absolute Gasteiger partial charge is 0.0193 e. The van der Waals surface area contributed by atoms with Gasteiger partial charge in [0.15, 0.2) is 0 Å². The van der Waals surface area contributed by atoms with Crippen molar-refractivity contribution in [3.8, 4) is 0 Å². The van der Waals surface area contributed by atoms with E-state index in [-0.39, 0.29) is 0 Å². The predicted octanol–water partition coefficient (Wildman–Crippen LogP) is 4.73. The predicted molar refractivity (Wildman–Crippen MR) is 92.1 cm³/mol. The molecule has 0 aromatic carbocycles. The number of rotatable bonds is 14. The molecule has 122 valence electrons. The Kier molecular flexibility index (Phi) is 13.8. The summed E-state index contributed by atoms with van der Waals surface area (Å²) in [5, 5.41) is 3.75. The monoisotopic (exact) mass is 284 g/mol. The van der Waals surface area contributed by atoms with E-state index >= 15 is 0 Å². The standard InChI is InChI=1S/C18H40N2/c1-5-9-11-16(7-3)13-18(14-19)20-15-17(8-4)12-10-6-2/h16-18,20H,5-15,19H2,1-4H3. The van der Waals surface area contributed by atoms with Crippen LogP contribution in [0.5, 0.6) is 0 Å². The minimum atomic E-state index is 0.521. The lowest BCUT2D eigenvalue weighted by atomic mass is 9.91. The van der Waals surface area contributed by atoms with Crippen LogP contribution < -0.4 is 11.1 Å². The second-order valence-electron chi connectivity index (χ2n) is 6.41. The molecule has 0 spiro atoms. The van der Waals surface area contributed by atoms with Gasteiger partial charge in [-0.2, -0.15) is 0 Å². The number of unbranched alkanes of at least 4 members (excludes halogenated alkanes) is 2. The summed E-state index contributed by atoms with van der Waals surface area (Å²) < 4.78 is 0. The lowest BCUT2D eigenvalue weighted by Crippen LogP contribution is -2.40. The van der Waals surface area contributed by atoms with Crippen molar-refractivity contribution in [3.05, 3.63) is 0 Å². The second-order valence-corrected chi connectivity index (χ2v) is 6.41. The molecule has 0 heterocycles. The maximum atomic E-state index is 5.97. The van der Waals surface area contributed by atoms with Crippen molar-refractivity contribution < 1.29 is 0 Å². The highest BCUT2D eigenvalue weighted by atomic mass is 14.9. The lowest BCUT2D eigenvalue weighted by Gasteiger charge is -2.25. The summed E-state index contributed by atoms with van der Waals surface area (Å²) in [6, 6.07) is 0.521. The molecule has 0 amide bonds. The minimum absolute atomic E-state index is 0.521. The highest BCUT2D eigenvalue weighted by molar-refractivity contribution is 4.74. The Morgan fingerprint density at radius 2 is 1.40 bits per heavy atom. The van der Waals surface area contributed by atoms with E-state index in [9.17, 15) is 0 Å². The van der Waals surface area contributed by atoms with Gasteiger partial charge in [0.1, 0.15) is 0 Å². The Morgan fingerprint density at radius 1 is 0.850 bits per heavy atom. The Bertz CT molecular complexity index is 194. The van der Waals surface area contributed by atoms with Gasteiger partial charge in [0, 0.05) is 12.6 Å². The fraction of sp³-hybridized carbons (Fsp3) is 1.00. The zero-order chi connectivity index (χ0) is 15.2. The molecule has 0 fully saturated rings. The van der Waals surface area contributed by atoms with Crippen LogP contribution in [0.15, 0.2) is 0 Å². The molecule has 0 aliphatic rings. The minimum Gasteiger partial charge on any atom is -0.329 e. The first-order valence-electron chi connectivity index (χ1n) is 9.14. The summed E-state index contributed by atoms with van der Waals surface area (Å²) in [7, 11) is 0. The van der Waals surface area contributed by atoms with E-state index in [0.717, 1.165) is 24.9 Å². The first kappa shape index (κ1) is 19.9. The molecular weight excluding hydrogens is 244 g/mol. The zero-order valence-corrected chi connectivity index (χ0v) is 14.6. The average Bonchev–Trinajstić information content (AvgIpc) is 2.49. The molecule has 0 aliphatic carbocycles. The first-order chi connectivity index (χ1) is 9.71. The maximum Gasteiger partial charge on any atom is 0.0193 e. The summed E-state index contributed by atoms with van der Waals surface area (Å²) in [6.45, 7) is 11.1. The van der Waals surface area contributed by atoms with Gasteiger partial charge >= 0.3 is 0 Å². The Morgan fingerprint density at radius 3 is 1.85 bits per heavy atom. The summed E-state index contributed by atoms with van der Waals surface area (Å²) in [5.74, 6) is 1.69. The van der Waals surface area contributed by atoms with E-state index in [2.05, 4.69) is 33.0 Å². The van der Waals surface area contributed by atoms with Crippen LogP contribution in [0.4, 0.5) is 0 Å². The topological polar surface area (TPSA) is 38.0 Å². The van der Waals surface area contributed by atoms with Gasteiger partial charge in [-0.15, -0.1) is 0 Å². The number of nitrogens with two attached hydrogens (primary N) is 1. The molecule has 0 aliphatic heterocycles. The van der Waals surface area contributed by atoms with Crippen molar-refractivity contribution in [2.24, 2.45) is 17.6 Å². The molecule has 20 heavy (non-hydrogen) atoms. The van der Waals surface area contributed by atoms with Crippen LogP contribution in [-0.4, -0.2) is 19.1 Å².